The fourth-order valence-corrected chi connectivity index (χ4v) is 3.44. The number of aryl methyl sites for hydroxylation is 1. The predicted molar refractivity (Wildman–Crippen MR) is 111 cm³/mol. The predicted octanol–water partition coefficient (Wildman–Crippen LogP) is 6.58. The Hall–Kier alpha value is -1.94. The molecule has 4 heteroatoms. The molecule has 2 aromatic rings. The van der Waals surface area contributed by atoms with Gasteiger partial charge in [0.25, 0.3) is 0 Å². The highest BCUT2D eigenvalue weighted by atomic mass is 19.1. The van der Waals surface area contributed by atoms with Crippen molar-refractivity contribution in [3.63, 3.8) is 0 Å². The number of hydrogen-bond donors (Lipinski definition) is 1. The van der Waals surface area contributed by atoms with Gasteiger partial charge in [-0.05, 0) is 54.9 Å². The molecule has 154 valence electrons. The summed E-state index contributed by atoms with van der Waals surface area (Å²) >= 11 is 0. The highest BCUT2D eigenvalue weighted by molar-refractivity contribution is 5.34. The van der Waals surface area contributed by atoms with Gasteiger partial charge >= 0.3 is 0 Å². The van der Waals surface area contributed by atoms with Gasteiger partial charge in [-0.25, -0.2) is 8.78 Å². The monoisotopic (exact) mass is 389 g/mol. The number of ether oxygens (including phenoxy) is 1. The number of nitrogens with two attached hydrogens (primary N) is 1. The first-order chi connectivity index (χ1) is 13.5. The minimum atomic E-state index is -0.653. The molecule has 2 N–H and O–H groups in total. The van der Waals surface area contributed by atoms with Gasteiger partial charge in [-0.3, -0.25) is 0 Å². The molecule has 0 bridgehead atoms. The molecule has 0 aromatic heterocycles. The SMILES string of the molecule is CC1CCc2ccccc2[C@@H]1Oc1ccc(F)cc1F.CCCCC(N)CC. The Labute approximate surface area is 168 Å². The number of fused-ring (bicyclic) bond motifs is 1. The number of rotatable bonds is 6. The lowest BCUT2D eigenvalue weighted by Crippen LogP contribution is -2.23. The number of hydrogen-bond acceptors (Lipinski definition) is 2. The van der Waals surface area contributed by atoms with E-state index in [-0.39, 0.29) is 11.9 Å². The number of unbranched alkanes of at least 4 members (excludes halogenated alkanes) is 1. The second-order valence-electron chi connectivity index (χ2n) is 7.64. The van der Waals surface area contributed by atoms with E-state index in [0.29, 0.717) is 12.0 Å². The van der Waals surface area contributed by atoms with Crippen LogP contribution in [-0.4, -0.2) is 6.04 Å². The van der Waals surface area contributed by atoms with Crippen LogP contribution < -0.4 is 10.5 Å². The summed E-state index contributed by atoms with van der Waals surface area (Å²) in [6.45, 7) is 6.44. The summed E-state index contributed by atoms with van der Waals surface area (Å²) in [6, 6.07) is 12.0. The van der Waals surface area contributed by atoms with Crippen LogP contribution in [0.1, 0.15) is 70.1 Å². The first-order valence-corrected chi connectivity index (χ1v) is 10.4. The number of benzene rings is 2. The lowest BCUT2D eigenvalue weighted by molar-refractivity contribution is 0.123. The summed E-state index contributed by atoms with van der Waals surface area (Å²) in [5, 5.41) is 0. The van der Waals surface area contributed by atoms with E-state index in [2.05, 4.69) is 26.8 Å². The third-order valence-electron chi connectivity index (χ3n) is 5.35. The molecule has 3 atom stereocenters. The summed E-state index contributed by atoms with van der Waals surface area (Å²) in [4.78, 5) is 0. The van der Waals surface area contributed by atoms with E-state index < -0.39 is 11.6 Å². The topological polar surface area (TPSA) is 35.2 Å². The van der Waals surface area contributed by atoms with E-state index in [0.717, 1.165) is 30.9 Å². The maximum Gasteiger partial charge on any atom is 0.168 e. The molecule has 1 aliphatic carbocycles. The zero-order valence-electron chi connectivity index (χ0n) is 17.3. The molecule has 0 aliphatic heterocycles. The van der Waals surface area contributed by atoms with Gasteiger partial charge in [-0.1, -0.05) is 57.9 Å². The lowest BCUT2D eigenvalue weighted by Gasteiger charge is -2.31. The summed E-state index contributed by atoms with van der Waals surface area (Å²) in [5.74, 6) is -0.832. The first kappa shape index (κ1) is 22.4. The maximum atomic E-state index is 13.7. The van der Waals surface area contributed by atoms with Crippen LogP contribution in [0.15, 0.2) is 42.5 Å². The van der Waals surface area contributed by atoms with Crippen LogP contribution in [0.5, 0.6) is 5.75 Å². The van der Waals surface area contributed by atoms with Crippen molar-refractivity contribution in [2.24, 2.45) is 11.7 Å². The van der Waals surface area contributed by atoms with Gasteiger partial charge in [0.05, 0.1) is 0 Å². The standard InChI is InChI=1S/C17H16F2O.C7H17N/c1-11-6-7-12-4-2-3-5-14(12)17(11)20-16-9-8-13(18)10-15(16)19;1-3-5-6-7(8)4-2/h2-5,8-11,17H,6-7H2,1H3;7H,3-6,8H2,1-2H3/t11?,17-;/m1./s1. The van der Waals surface area contributed by atoms with Gasteiger partial charge in [-0.2, -0.15) is 0 Å². The highest BCUT2D eigenvalue weighted by Crippen LogP contribution is 2.38. The lowest BCUT2D eigenvalue weighted by atomic mass is 9.82. The van der Waals surface area contributed by atoms with Gasteiger partial charge in [0.15, 0.2) is 11.6 Å². The normalized spacial score (nSPS) is 19.2. The summed E-state index contributed by atoms with van der Waals surface area (Å²) in [6.07, 6.45) is 6.73. The van der Waals surface area contributed by atoms with Crippen LogP contribution in [0.4, 0.5) is 8.78 Å². The van der Waals surface area contributed by atoms with Crippen LogP contribution in [0.3, 0.4) is 0 Å². The van der Waals surface area contributed by atoms with Crippen molar-refractivity contribution < 1.29 is 13.5 Å². The molecule has 0 saturated carbocycles. The van der Waals surface area contributed by atoms with Crippen molar-refractivity contribution in [3.05, 3.63) is 65.2 Å². The first-order valence-electron chi connectivity index (χ1n) is 10.4. The van der Waals surface area contributed by atoms with Gasteiger partial charge in [0, 0.05) is 12.1 Å². The summed E-state index contributed by atoms with van der Waals surface area (Å²) in [7, 11) is 0. The largest absolute Gasteiger partial charge is 0.482 e. The molecule has 1 aliphatic rings. The van der Waals surface area contributed by atoms with Gasteiger partial charge in [0.2, 0.25) is 0 Å². The Morgan fingerprint density at radius 1 is 1.14 bits per heavy atom. The third kappa shape index (κ3) is 6.30. The molecule has 28 heavy (non-hydrogen) atoms. The van der Waals surface area contributed by atoms with E-state index in [1.165, 1.54) is 37.0 Å². The van der Waals surface area contributed by atoms with Crippen molar-refractivity contribution in [3.8, 4) is 5.75 Å². The van der Waals surface area contributed by atoms with Crippen LogP contribution in [-0.2, 0) is 6.42 Å². The summed E-state index contributed by atoms with van der Waals surface area (Å²) < 4.78 is 32.5. The van der Waals surface area contributed by atoms with Gasteiger partial charge in [0.1, 0.15) is 11.9 Å². The smallest absolute Gasteiger partial charge is 0.168 e. The van der Waals surface area contributed by atoms with E-state index in [4.69, 9.17) is 10.5 Å². The molecule has 0 heterocycles. The molecule has 2 unspecified atom stereocenters. The zero-order chi connectivity index (χ0) is 20.5. The van der Waals surface area contributed by atoms with E-state index in [1.807, 2.05) is 18.2 Å². The van der Waals surface area contributed by atoms with Gasteiger partial charge in [-0.15, -0.1) is 0 Å². The van der Waals surface area contributed by atoms with E-state index >= 15 is 0 Å². The van der Waals surface area contributed by atoms with Crippen molar-refractivity contribution in [2.75, 3.05) is 0 Å². The average Bonchev–Trinajstić information content (AvgIpc) is 2.70. The zero-order valence-corrected chi connectivity index (χ0v) is 17.3. The Morgan fingerprint density at radius 2 is 1.89 bits per heavy atom. The molecule has 2 nitrogen and oxygen atoms in total. The molecule has 0 saturated heterocycles. The molecule has 3 rings (SSSR count). The Bertz CT molecular complexity index is 734. The summed E-state index contributed by atoms with van der Waals surface area (Å²) in [5.41, 5.74) is 8.01. The molecule has 0 fully saturated rings. The minimum absolute atomic E-state index is 0.111. The molecule has 0 spiro atoms. The Kier molecular flexibility index (Phi) is 8.91. The molecule has 2 aromatic carbocycles. The van der Waals surface area contributed by atoms with Gasteiger partial charge < -0.3 is 10.5 Å². The molecule has 0 radical (unpaired) electrons. The minimum Gasteiger partial charge on any atom is -0.482 e. The third-order valence-corrected chi connectivity index (χ3v) is 5.35. The van der Waals surface area contributed by atoms with Crippen molar-refractivity contribution in [1.82, 2.24) is 0 Å². The van der Waals surface area contributed by atoms with Crippen LogP contribution >= 0.6 is 0 Å². The fraction of sp³-hybridized carbons (Fsp3) is 0.500. The average molecular weight is 390 g/mol. The van der Waals surface area contributed by atoms with Crippen LogP contribution in [0, 0.1) is 17.6 Å². The highest BCUT2D eigenvalue weighted by Gasteiger charge is 2.28. The van der Waals surface area contributed by atoms with Crippen molar-refractivity contribution in [1.29, 1.82) is 0 Å². The Balaban J connectivity index is 0.000000300. The molecule has 0 amide bonds. The van der Waals surface area contributed by atoms with Crippen molar-refractivity contribution in [2.45, 2.75) is 71.4 Å². The van der Waals surface area contributed by atoms with Crippen LogP contribution in [0.2, 0.25) is 0 Å². The molecular weight excluding hydrogens is 356 g/mol. The second-order valence-corrected chi connectivity index (χ2v) is 7.64. The molecular formula is C24H33F2NO. The quantitative estimate of drug-likeness (QED) is 0.605. The van der Waals surface area contributed by atoms with E-state index in [9.17, 15) is 8.78 Å². The fourth-order valence-electron chi connectivity index (χ4n) is 3.44. The number of halogens is 2. The van der Waals surface area contributed by atoms with Crippen molar-refractivity contribution >= 4 is 0 Å². The second kappa shape index (κ2) is 11.2. The van der Waals surface area contributed by atoms with Crippen LogP contribution in [0.25, 0.3) is 0 Å². The Morgan fingerprint density at radius 3 is 2.57 bits per heavy atom. The van der Waals surface area contributed by atoms with E-state index in [1.54, 1.807) is 0 Å². The maximum absolute atomic E-state index is 13.7.